The molecule has 0 aliphatic carbocycles. The van der Waals surface area contributed by atoms with Crippen molar-refractivity contribution in [3.05, 3.63) is 65.2 Å². The average Bonchev–Trinajstić information content (AvgIpc) is 2.88. The summed E-state index contributed by atoms with van der Waals surface area (Å²) in [5.74, 6) is -0.103. The summed E-state index contributed by atoms with van der Waals surface area (Å²) in [4.78, 5) is 15.4. The fourth-order valence-corrected chi connectivity index (χ4v) is 4.80. The summed E-state index contributed by atoms with van der Waals surface area (Å²) in [6.45, 7) is 6.05. The zero-order valence-corrected chi connectivity index (χ0v) is 18.1. The van der Waals surface area contributed by atoms with Crippen LogP contribution in [0.3, 0.4) is 0 Å². The Kier molecular flexibility index (Phi) is 6.72. The highest BCUT2D eigenvalue weighted by Gasteiger charge is 2.31. The number of nitrogens with zero attached hydrogens (tertiary/aromatic N) is 2. The van der Waals surface area contributed by atoms with Crippen LogP contribution in [0.15, 0.2) is 48.5 Å². The SMILES string of the molecule is Cc1cc(C)cc(NC(=O)[C@H](c2ccccc2)N2CCCN(S(C)(=O)=O)CC2)c1. The second-order valence-corrected chi connectivity index (χ2v) is 9.71. The van der Waals surface area contributed by atoms with Crippen LogP contribution in [0.5, 0.6) is 0 Å². The van der Waals surface area contributed by atoms with Gasteiger partial charge in [-0.3, -0.25) is 9.69 Å². The zero-order chi connectivity index (χ0) is 21.0. The Balaban J connectivity index is 1.86. The highest BCUT2D eigenvalue weighted by molar-refractivity contribution is 7.88. The summed E-state index contributed by atoms with van der Waals surface area (Å²) >= 11 is 0. The number of sulfonamides is 1. The van der Waals surface area contributed by atoms with Gasteiger partial charge >= 0.3 is 0 Å². The van der Waals surface area contributed by atoms with E-state index in [2.05, 4.69) is 16.3 Å². The Morgan fingerprint density at radius 2 is 1.62 bits per heavy atom. The Morgan fingerprint density at radius 1 is 0.966 bits per heavy atom. The number of hydrogen-bond donors (Lipinski definition) is 1. The minimum Gasteiger partial charge on any atom is -0.324 e. The number of rotatable bonds is 5. The van der Waals surface area contributed by atoms with E-state index in [1.807, 2.05) is 56.3 Å². The fraction of sp³-hybridized carbons (Fsp3) is 0.409. The lowest BCUT2D eigenvalue weighted by Gasteiger charge is -2.30. The number of benzene rings is 2. The van der Waals surface area contributed by atoms with Crippen molar-refractivity contribution in [2.45, 2.75) is 26.3 Å². The highest BCUT2D eigenvalue weighted by atomic mass is 32.2. The monoisotopic (exact) mass is 415 g/mol. The average molecular weight is 416 g/mol. The summed E-state index contributed by atoms with van der Waals surface area (Å²) in [5, 5.41) is 3.07. The maximum Gasteiger partial charge on any atom is 0.246 e. The maximum atomic E-state index is 13.3. The van der Waals surface area contributed by atoms with Crippen molar-refractivity contribution < 1.29 is 13.2 Å². The summed E-state index contributed by atoms with van der Waals surface area (Å²) < 4.78 is 25.4. The molecule has 1 aliphatic rings. The first-order valence-electron chi connectivity index (χ1n) is 9.87. The molecular formula is C22H29N3O3S. The van der Waals surface area contributed by atoms with Gasteiger partial charge in [0.05, 0.1) is 6.26 Å². The van der Waals surface area contributed by atoms with Gasteiger partial charge in [0, 0.05) is 31.9 Å². The fourth-order valence-electron chi connectivity index (χ4n) is 3.92. The lowest BCUT2D eigenvalue weighted by atomic mass is 10.0. The molecule has 2 aromatic rings. The van der Waals surface area contributed by atoms with Crippen molar-refractivity contribution in [2.75, 3.05) is 37.8 Å². The number of carbonyl (C=O) groups excluding carboxylic acids is 1. The molecule has 0 radical (unpaired) electrons. The Bertz CT molecular complexity index is 940. The molecule has 0 spiro atoms. The second-order valence-electron chi connectivity index (χ2n) is 7.73. The molecular weight excluding hydrogens is 386 g/mol. The first-order chi connectivity index (χ1) is 13.7. The quantitative estimate of drug-likeness (QED) is 0.815. The first kappa shape index (κ1) is 21.5. The minimum atomic E-state index is -3.24. The number of amides is 1. The molecule has 2 aromatic carbocycles. The van der Waals surface area contributed by atoms with Gasteiger partial charge in [-0.15, -0.1) is 0 Å². The van der Waals surface area contributed by atoms with E-state index in [-0.39, 0.29) is 5.91 Å². The van der Waals surface area contributed by atoms with Crippen molar-refractivity contribution >= 4 is 21.6 Å². The number of hydrogen-bond acceptors (Lipinski definition) is 4. The molecule has 1 amide bonds. The molecule has 0 saturated carbocycles. The number of nitrogens with one attached hydrogen (secondary N) is 1. The van der Waals surface area contributed by atoms with Crippen molar-refractivity contribution in [2.24, 2.45) is 0 Å². The smallest absolute Gasteiger partial charge is 0.246 e. The van der Waals surface area contributed by atoms with Gasteiger partial charge in [-0.25, -0.2) is 12.7 Å². The van der Waals surface area contributed by atoms with Crippen LogP contribution in [0.1, 0.15) is 29.2 Å². The van der Waals surface area contributed by atoms with Crippen molar-refractivity contribution in [3.63, 3.8) is 0 Å². The van der Waals surface area contributed by atoms with E-state index < -0.39 is 16.1 Å². The van der Waals surface area contributed by atoms with E-state index in [9.17, 15) is 13.2 Å². The Morgan fingerprint density at radius 3 is 2.24 bits per heavy atom. The molecule has 156 valence electrons. The van der Waals surface area contributed by atoms with Gasteiger partial charge in [0.15, 0.2) is 0 Å². The molecule has 1 heterocycles. The van der Waals surface area contributed by atoms with Gasteiger partial charge < -0.3 is 5.32 Å². The standard InChI is InChI=1S/C22H29N3O3S/c1-17-14-18(2)16-20(15-17)23-22(26)21(19-8-5-4-6-9-19)24-10-7-11-25(13-12-24)29(3,27)28/h4-6,8-9,14-16,21H,7,10-13H2,1-3H3,(H,23,26)/t21-/m0/s1. The van der Waals surface area contributed by atoms with Gasteiger partial charge in [-0.05, 0) is 49.1 Å². The third kappa shape index (κ3) is 5.65. The lowest BCUT2D eigenvalue weighted by Crippen LogP contribution is -2.40. The van der Waals surface area contributed by atoms with E-state index in [4.69, 9.17) is 0 Å². The Hall–Kier alpha value is -2.22. The predicted octanol–water partition coefficient (Wildman–Crippen LogP) is 2.95. The van der Waals surface area contributed by atoms with Crippen LogP contribution in [0, 0.1) is 13.8 Å². The molecule has 29 heavy (non-hydrogen) atoms. The summed E-state index contributed by atoms with van der Waals surface area (Å²) in [6.07, 6.45) is 1.93. The zero-order valence-electron chi connectivity index (χ0n) is 17.3. The van der Waals surface area contributed by atoms with E-state index >= 15 is 0 Å². The van der Waals surface area contributed by atoms with E-state index in [1.165, 1.54) is 10.6 Å². The van der Waals surface area contributed by atoms with E-state index in [0.717, 1.165) is 22.4 Å². The van der Waals surface area contributed by atoms with Gasteiger partial charge in [-0.1, -0.05) is 36.4 Å². The molecule has 1 atom stereocenters. The van der Waals surface area contributed by atoms with Crippen LogP contribution in [-0.4, -0.2) is 56.0 Å². The van der Waals surface area contributed by atoms with Crippen LogP contribution in [0.25, 0.3) is 0 Å². The highest BCUT2D eigenvalue weighted by Crippen LogP contribution is 2.25. The van der Waals surface area contributed by atoms with Crippen LogP contribution >= 0.6 is 0 Å². The van der Waals surface area contributed by atoms with Crippen molar-refractivity contribution in [1.82, 2.24) is 9.21 Å². The molecule has 6 nitrogen and oxygen atoms in total. The Labute approximate surface area is 173 Å². The van der Waals surface area contributed by atoms with Crippen molar-refractivity contribution in [3.8, 4) is 0 Å². The molecule has 0 bridgehead atoms. The molecule has 1 fully saturated rings. The topological polar surface area (TPSA) is 69.7 Å². The second kappa shape index (κ2) is 9.07. The largest absolute Gasteiger partial charge is 0.324 e. The van der Waals surface area contributed by atoms with E-state index in [1.54, 1.807) is 0 Å². The maximum absolute atomic E-state index is 13.3. The van der Waals surface area contributed by atoms with Gasteiger partial charge in [0.2, 0.25) is 15.9 Å². The molecule has 0 aromatic heterocycles. The molecule has 1 N–H and O–H groups in total. The third-order valence-electron chi connectivity index (χ3n) is 5.18. The van der Waals surface area contributed by atoms with Gasteiger partial charge in [-0.2, -0.15) is 0 Å². The van der Waals surface area contributed by atoms with Crippen LogP contribution in [0.2, 0.25) is 0 Å². The van der Waals surface area contributed by atoms with Crippen LogP contribution < -0.4 is 5.32 Å². The predicted molar refractivity (Wildman–Crippen MR) is 116 cm³/mol. The molecule has 0 unspecified atom stereocenters. The molecule has 1 saturated heterocycles. The van der Waals surface area contributed by atoms with Crippen LogP contribution in [0.4, 0.5) is 5.69 Å². The normalized spacial score (nSPS) is 17.5. The van der Waals surface area contributed by atoms with Gasteiger partial charge in [0.1, 0.15) is 6.04 Å². The minimum absolute atomic E-state index is 0.103. The molecule has 7 heteroatoms. The summed E-state index contributed by atoms with van der Waals surface area (Å²) in [5.41, 5.74) is 3.87. The third-order valence-corrected chi connectivity index (χ3v) is 6.48. The first-order valence-corrected chi connectivity index (χ1v) is 11.7. The lowest BCUT2D eigenvalue weighted by molar-refractivity contribution is -0.121. The summed E-state index contributed by atoms with van der Waals surface area (Å²) in [7, 11) is -3.24. The van der Waals surface area contributed by atoms with Crippen molar-refractivity contribution in [1.29, 1.82) is 0 Å². The number of anilines is 1. The molecule has 3 rings (SSSR count). The molecule has 1 aliphatic heterocycles. The summed E-state index contributed by atoms with van der Waals surface area (Å²) in [6, 6.07) is 15.2. The van der Waals surface area contributed by atoms with E-state index in [0.29, 0.717) is 32.6 Å². The van der Waals surface area contributed by atoms with Gasteiger partial charge in [0.25, 0.3) is 0 Å². The number of aryl methyl sites for hydroxylation is 2. The van der Waals surface area contributed by atoms with Crippen LogP contribution in [-0.2, 0) is 14.8 Å². The number of carbonyl (C=O) groups is 1.